The molecule has 3 rings (SSSR count). The van der Waals surface area contributed by atoms with E-state index in [9.17, 15) is 0 Å². The van der Waals surface area contributed by atoms with Gasteiger partial charge >= 0.3 is 0 Å². The Balaban J connectivity index is 1.96. The monoisotopic (exact) mass is 249 g/mol. The lowest BCUT2D eigenvalue weighted by Gasteiger charge is -2.08. The van der Waals surface area contributed by atoms with Gasteiger partial charge in [-0.2, -0.15) is 0 Å². The first-order chi connectivity index (χ1) is 9.20. The molecule has 0 heterocycles. The summed E-state index contributed by atoms with van der Waals surface area (Å²) in [7, 11) is 0. The van der Waals surface area contributed by atoms with Crippen LogP contribution in [0.4, 0.5) is 5.69 Å². The molecular weight excluding hydrogens is 234 g/mol. The van der Waals surface area contributed by atoms with Gasteiger partial charge < -0.3 is 10.5 Å². The highest BCUT2D eigenvalue weighted by atomic mass is 16.5. The third kappa shape index (κ3) is 2.52. The van der Waals surface area contributed by atoms with Crippen LogP contribution in [0.3, 0.4) is 0 Å². The van der Waals surface area contributed by atoms with E-state index in [1.165, 1.54) is 10.8 Å². The van der Waals surface area contributed by atoms with Gasteiger partial charge in [0.05, 0.1) is 0 Å². The first kappa shape index (κ1) is 11.6. The molecule has 3 aromatic carbocycles. The predicted molar refractivity (Wildman–Crippen MR) is 79.6 cm³/mol. The highest BCUT2D eigenvalue weighted by molar-refractivity contribution is 5.83. The van der Waals surface area contributed by atoms with Gasteiger partial charge in [-0.1, -0.05) is 30.3 Å². The lowest BCUT2D eigenvalue weighted by Crippen LogP contribution is -1.89. The fourth-order valence-electron chi connectivity index (χ4n) is 2.20. The van der Waals surface area contributed by atoms with E-state index in [1.807, 2.05) is 49.4 Å². The van der Waals surface area contributed by atoms with Crippen LogP contribution >= 0.6 is 0 Å². The van der Waals surface area contributed by atoms with Gasteiger partial charge in [0.1, 0.15) is 11.5 Å². The maximum Gasteiger partial charge on any atom is 0.129 e. The van der Waals surface area contributed by atoms with Crippen LogP contribution in [0.15, 0.2) is 60.7 Å². The Morgan fingerprint density at radius 3 is 2.37 bits per heavy atom. The molecule has 0 radical (unpaired) electrons. The van der Waals surface area contributed by atoms with E-state index in [0.29, 0.717) is 0 Å². The van der Waals surface area contributed by atoms with Crippen LogP contribution < -0.4 is 10.5 Å². The number of ether oxygens (including phenoxy) is 1. The normalized spacial score (nSPS) is 10.6. The van der Waals surface area contributed by atoms with E-state index in [1.54, 1.807) is 0 Å². The number of fused-ring (bicyclic) bond motifs is 1. The Morgan fingerprint density at radius 1 is 0.789 bits per heavy atom. The first-order valence-electron chi connectivity index (χ1n) is 6.24. The second kappa shape index (κ2) is 4.65. The molecule has 2 nitrogen and oxygen atoms in total. The molecule has 0 aromatic heterocycles. The van der Waals surface area contributed by atoms with Crippen LogP contribution in [0.5, 0.6) is 11.5 Å². The van der Waals surface area contributed by atoms with Crippen molar-refractivity contribution >= 4 is 16.5 Å². The topological polar surface area (TPSA) is 35.2 Å². The molecule has 0 fully saturated rings. The number of nitrogens with two attached hydrogens (primary N) is 1. The molecule has 3 aromatic rings. The third-order valence-corrected chi connectivity index (χ3v) is 3.03. The van der Waals surface area contributed by atoms with Crippen LogP contribution in [0.25, 0.3) is 10.8 Å². The summed E-state index contributed by atoms with van der Waals surface area (Å²) in [4.78, 5) is 0. The predicted octanol–water partition coefficient (Wildman–Crippen LogP) is 4.52. The molecule has 0 unspecified atom stereocenters. The molecule has 0 aliphatic carbocycles. The van der Waals surface area contributed by atoms with Gasteiger partial charge in [-0.15, -0.1) is 0 Å². The first-order valence-corrected chi connectivity index (χ1v) is 6.24. The number of nitrogen functional groups attached to an aromatic ring is 1. The standard InChI is InChI=1S/C17H15NO/c1-12-8-15(18)11-17(9-12)19-16-7-6-13-4-2-3-5-14(13)10-16/h2-11H,18H2,1H3. The van der Waals surface area contributed by atoms with Gasteiger partial charge in [0.25, 0.3) is 0 Å². The van der Waals surface area contributed by atoms with Crippen molar-refractivity contribution in [2.24, 2.45) is 0 Å². The van der Waals surface area contributed by atoms with E-state index in [-0.39, 0.29) is 0 Å². The minimum atomic E-state index is 0.718. The fraction of sp³-hybridized carbons (Fsp3) is 0.0588. The summed E-state index contributed by atoms with van der Waals surface area (Å²) in [6.45, 7) is 2.00. The number of benzene rings is 3. The van der Waals surface area contributed by atoms with Crippen LogP contribution in [0.2, 0.25) is 0 Å². The summed E-state index contributed by atoms with van der Waals surface area (Å²) in [6.07, 6.45) is 0. The van der Waals surface area contributed by atoms with E-state index in [4.69, 9.17) is 10.5 Å². The summed E-state index contributed by atoms with van der Waals surface area (Å²) < 4.78 is 5.87. The maximum absolute atomic E-state index is 5.87. The van der Waals surface area contributed by atoms with Gasteiger partial charge in [0.2, 0.25) is 0 Å². The summed E-state index contributed by atoms with van der Waals surface area (Å²) in [6, 6.07) is 20.0. The van der Waals surface area contributed by atoms with Crippen molar-refractivity contribution in [2.45, 2.75) is 6.92 Å². The average Bonchev–Trinajstić information content (AvgIpc) is 2.37. The molecule has 0 saturated carbocycles. The van der Waals surface area contributed by atoms with E-state index < -0.39 is 0 Å². The molecule has 19 heavy (non-hydrogen) atoms. The van der Waals surface area contributed by atoms with Gasteiger partial charge in [-0.3, -0.25) is 0 Å². The molecule has 0 spiro atoms. The Hall–Kier alpha value is -2.48. The molecule has 2 N–H and O–H groups in total. The second-order valence-electron chi connectivity index (χ2n) is 4.69. The molecule has 94 valence electrons. The quantitative estimate of drug-likeness (QED) is 0.677. The molecule has 0 saturated heterocycles. The Labute approximate surface area is 112 Å². The lowest BCUT2D eigenvalue weighted by molar-refractivity contribution is 0.483. The van der Waals surface area contributed by atoms with Gasteiger partial charge in [0, 0.05) is 11.8 Å². The molecular formula is C17H15NO. The van der Waals surface area contributed by atoms with E-state index in [2.05, 4.69) is 18.2 Å². The van der Waals surface area contributed by atoms with Crippen molar-refractivity contribution < 1.29 is 4.74 Å². The number of hydrogen-bond donors (Lipinski definition) is 1. The number of anilines is 1. The van der Waals surface area contributed by atoms with Crippen molar-refractivity contribution in [1.82, 2.24) is 0 Å². The van der Waals surface area contributed by atoms with Crippen molar-refractivity contribution in [3.05, 3.63) is 66.2 Å². The Kier molecular flexibility index (Phi) is 2.84. The van der Waals surface area contributed by atoms with Crippen molar-refractivity contribution in [3.63, 3.8) is 0 Å². The Bertz CT molecular complexity index is 714. The van der Waals surface area contributed by atoms with Gasteiger partial charge in [0.15, 0.2) is 0 Å². The number of aryl methyl sites for hydroxylation is 1. The van der Waals surface area contributed by atoms with E-state index in [0.717, 1.165) is 22.7 Å². The smallest absolute Gasteiger partial charge is 0.129 e. The van der Waals surface area contributed by atoms with E-state index >= 15 is 0 Å². The number of rotatable bonds is 2. The molecule has 0 bridgehead atoms. The lowest BCUT2D eigenvalue weighted by atomic mass is 10.1. The zero-order valence-electron chi connectivity index (χ0n) is 10.8. The SMILES string of the molecule is Cc1cc(N)cc(Oc2ccc3ccccc3c2)c1. The highest BCUT2D eigenvalue weighted by Gasteiger charge is 2.01. The van der Waals surface area contributed by atoms with Gasteiger partial charge in [-0.05, 0) is 47.5 Å². The molecule has 2 heteroatoms. The van der Waals surface area contributed by atoms with Crippen LogP contribution in [-0.4, -0.2) is 0 Å². The minimum absolute atomic E-state index is 0.718. The number of hydrogen-bond acceptors (Lipinski definition) is 2. The molecule has 0 amide bonds. The van der Waals surface area contributed by atoms with Crippen LogP contribution in [0.1, 0.15) is 5.56 Å². The minimum Gasteiger partial charge on any atom is -0.457 e. The fourth-order valence-corrected chi connectivity index (χ4v) is 2.20. The second-order valence-corrected chi connectivity index (χ2v) is 4.69. The molecule has 0 aliphatic rings. The van der Waals surface area contributed by atoms with Gasteiger partial charge in [-0.25, -0.2) is 0 Å². The summed E-state index contributed by atoms with van der Waals surface area (Å²) >= 11 is 0. The van der Waals surface area contributed by atoms with Crippen LogP contribution in [-0.2, 0) is 0 Å². The maximum atomic E-state index is 5.87. The zero-order chi connectivity index (χ0) is 13.2. The van der Waals surface area contributed by atoms with Crippen molar-refractivity contribution in [3.8, 4) is 11.5 Å². The summed E-state index contributed by atoms with van der Waals surface area (Å²) in [5, 5.41) is 2.37. The summed E-state index contributed by atoms with van der Waals surface area (Å²) in [5.74, 6) is 1.59. The average molecular weight is 249 g/mol. The molecule has 0 aliphatic heterocycles. The third-order valence-electron chi connectivity index (χ3n) is 3.03. The largest absolute Gasteiger partial charge is 0.457 e. The molecule has 0 atom stereocenters. The highest BCUT2D eigenvalue weighted by Crippen LogP contribution is 2.27. The Morgan fingerprint density at radius 2 is 1.58 bits per heavy atom. The van der Waals surface area contributed by atoms with Crippen molar-refractivity contribution in [2.75, 3.05) is 5.73 Å². The van der Waals surface area contributed by atoms with Crippen LogP contribution in [0, 0.1) is 6.92 Å². The van der Waals surface area contributed by atoms with Crippen molar-refractivity contribution in [1.29, 1.82) is 0 Å². The zero-order valence-corrected chi connectivity index (χ0v) is 10.8. The summed E-state index contributed by atoms with van der Waals surface area (Å²) in [5.41, 5.74) is 7.64.